The summed E-state index contributed by atoms with van der Waals surface area (Å²) in [6, 6.07) is -0.103. The van der Waals surface area contributed by atoms with Gasteiger partial charge in [-0.3, -0.25) is 9.53 Å². The highest BCUT2D eigenvalue weighted by Gasteiger charge is 2.31. The van der Waals surface area contributed by atoms with Crippen molar-refractivity contribution < 1.29 is 9.00 Å². The van der Waals surface area contributed by atoms with Crippen molar-refractivity contribution in [2.75, 3.05) is 24.2 Å². The molecule has 1 saturated heterocycles. The molecule has 1 fully saturated rings. The monoisotopic (exact) mass is 357 g/mol. The lowest BCUT2D eigenvalue weighted by atomic mass is 10.1. The van der Waals surface area contributed by atoms with Gasteiger partial charge in [-0.05, 0) is 39.5 Å². The van der Waals surface area contributed by atoms with E-state index in [0.717, 1.165) is 28.5 Å². The Balaban J connectivity index is 2.06. The second kappa shape index (κ2) is 7.30. The molecule has 1 aromatic rings. The average molecular weight is 358 g/mol. The predicted octanol–water partition coefficient (Wildman–Crippen LogP) is 3.41. The minimum absolute atomic E-state index is 0.103. The van der Waals surface area contributed by atoms with E-state index < -0.39 is 10.8 Å². The number of anilines is 1. The van der Waals surface area contributed by atoms with Crippen molar-refractivity contribution in [3.8, 4) is 0 Å². The number of hydrogen-bond donors (Lipinski definition) is 1. The maximum absolute atomic E-state index is 12.6. The van der Waals surface area contributed by atoms with Gasteiger partial charge in [-0.2, -0.15) is 0 Å². The number of hydrogen-bond acceptors (Lipinski definition) is 4. The SMILES string of the molecule is Cc1nc(CC(C)C)c(NC(=O)N2CC[S@](=O)C(C)(C)CC2)s1. The third kappa shape index (κ3) is 4.76. The van der Waals surface area contributed by atoms with Crippen LogP contribution in [0, 0.1) is 12.8 Å². The number of thiazole rings is 1. The highest BCUT2D eigenvalue weighted by molar-refractivity contribution is 7.86. The number of carbonyl (C=O) groups is 1. The first-order valence-electron chi connectivity index (χ1n) is 8.10. The summed E-state index contributed by atoms with van der Waals surface area (Å²) < 4.78 is 12.0. The molecule has 1 aromatic heterocycles. The van der Waals surface area contributed by atoms with E-state index in [1.807, 2.05) is 20.8 Å². The fraction of sp³-hybridized carbons (Fsp3) is 0.750. The second-order valence-corrected chi connectivity index (χ2v) is 10.5. The fourth-order valence-corrected chi connectivity index (χ4v) is 4.67. The van der Waals surface area contributed by atoms with Crippen LogP contribution >= 0.6 is 11.3 Å². The molecule has 0 unspecified atom stereocenters. The van der Waals surface area contributed by atoms with Crippen LogP contribution in [0.2, 0.25) is 0 Å². The minimum atomic E-state index is -0.891. The predicted molar refractivity (Wildman–Crippen MR) is 97.7 cm³/mol. The molecule has 2 rings (SSSR count). The van der Waals surface area contributed by atoms with Crippen LogP contribution in [0.15, 0.2) is 0 Å². The number of urea groups is 1. The summed E-state index contributed by atoms with van der Waals surface area (Å²) in [5.74, 6) is 1.04. The number of aryl methyl sites for hydroxylation is 1. The zero-order valence-electron chi connectivity index (χ0n) is 14.6. The Morgan fingerprint density at radius 2 is 2.13 bits per heavy atom. The molecule has 0 radical (unpaired) electrons. The first kappa shape index (κ1) is 18.4. The minimum Gasteiger partial charge on any atom is -0.324 e. The van der Waals surface area contributed by atoms with Crippen molar-refractivity contribution in [1.82, 2.24) is 9.88 Å². The Labute approximate surface area is 145 Å². The summed E-state index contributed by atoms with van der Waals surface area (Å²) in [6.45, 7) is 11.5. The second-order valence-electron chi connectivity index (χ2n) is 7.08. The molecule has 0 saturated carbocycles. The number of rotatable bonds is 3. The summed E-state index contributed by atoms with van der Waals surface area (Å²) in [5, 5.41) is 4.84. The Morgan fingerprint density at radius 3 is 2.78 bits per heavy atom. The normalized spacial score (nSPS) is 21.3. The molecule has 2 heterocycles. The molecule has 5 nitrogen and oxygen atoms in total. The molecular formula is C16H27N3O2S2. The van der Waals surface area contributed by atoms with E-state index >= 15 is 0 Å². The number of amides is 2. The third-order valence-electron chi connectivity index (χ3n) is 4.06. The molecule has 1 N–H and O–H groups in total. The van der Waals surface area contributed by atoms with Gasteiger partial charge in [-0.15, -0.1) is 11.3 Å². The quantitative estimate of drug-likeness (QED) is 0.901. The molecule has 1 atom stereocenters. The Bertz CT molecular complexity index is 596. The number of aromatic nitrogens is 1. The molecule has 1 aliphatic heterocycles. The van der Waals surface area contributed by atoms with Crippen molar-refractivity contribution in [3.05, 3.63) is 10.7 Å². The standard InChI is InChI=1S/C16H27N3O2S2/c1-11(2)10-13-14(22-12(3)17-13)18-15(20)19-7-6-16(4,5)23(21)9-8-19/h11H,6-10H2,1-5H3,(H,18,20)/t23-/m0/s1. The lowest BCUT2D eigenvalue weighted by Gasteiger charge is -2.22. The molecule has 130 valence electrons. The van der Waals surface area contributed by atoms with Gasteiger partial charge in [0.2, 0.25) is 0 Å². The summed E-state index contributed by atoms with van der Waals surface area (Å²) in [7, 11) is -0.891. The smallest absolute Gasteiger partial charge is 0.322 e. The first-order valence-corrected chi connectivity index (χ1v) is 10.2. The van der Waals surface area contributed by atoms with Crippen LogP contribution < -0.4 is 5.32 Å². The van der Waals surface area contributed by atoms with Gasteiger partial charge in [0.25, 0.3) is 0 Å². The van der Waals surface area contributed by atoms with Gasteiger partial charge in [-0.25, -0.2) is 9.78 Å². The molecule has 1 aliphatic rings. The summed E-state index contributed by atoms with van der Waals surface area (Å²) >= 11 is 1.52. The molecule has 0 spiro atoms. The molecule has 2 amide bonds. The van der Waals surface area contributed by atoms with Gasteiger partial charge in [0.1, 0.15) is 5.00 Å². The van der Waals surface area contributed by atoms with Gasteiger partial charge < -0.3 is 4.90 Å². The van der Waals surface area contributed by atoms with E-state index in [2.05, 4.69) is 24.1 Å². The third-order valence-corrected chi connectivity index (χ3v) is 6.98. The average Bonchev–Trinajstić information content (AvgIpc) is 2.69. The summed E-state index contributed by atoms with van der Waals surface area (Å²) in [4.78, 5) is 18.9. The van der Waals surface area contributed by atoms with Crippen molar-refractivity contribution in [1.29, 1.82) is 0 Å². The van der Waals surface area contributed by atoms with E-state index in [9.17, 15) is 9.00 Å². The van der Waals surface area contributed by atoms with Gasteiger partial charge in [0, 0.05) is 34.4 Å². The molecule has 23 heavy (non-hydrogen) atoms. The maximum Gasteiger partial charge on any atom is 0.322 e. The summed E-state index contributed by atoms with van der Waals surface area (Å²) in [6.07, 6.45) is 1.62. The molecule has 0 aromatic carbocycles. The van der Waals surface area contributed by atoms with E-state index in [1.165, 1.54) is 11.3 Å². The van der Waals surface area contributed by atoms with Crippen molar-refractivity contribution in [2.45, 2.75) is 52.2 Å². The molecule has 0 bridgehead atoms. The Kier molecular flexibility index (Phi) is 5.84. The number of carbonyl (C=O) groups excluding carboxylic acids is 1. The van der Waals surface area contributed by atoms with Crippen LogP contribution in [0.5, 0.6) is 0 Å². The van der Waals surface area contributed by atoms with E-state index in [4.69, 9.17) is 0 Å². The highest BCUT2D eigenvalue weighted by Crippen LogP contribution is 2.27. The largest absolute Gasteiger partial charge is 0.324 e. The van der Waals surface area contributed by atoms with Gasteiger partial charge >= 0.3 is 6.03 Å². The van der Waals surface area contributed by atoms with Crippen LogP contribution in [-0.2, 0) is 17.2 Å². The van der Waals surface area contributed by atoms with Gasteiger partial charge in [0.15, 0.2) is 0 Å². The van der Waals surface area contributed by atoms with Crippen LogP contribution in [0.25, 0.3) is 0 Å². The van der Waals surface area contributed by atoms with Gasteiger partial charge in [0.05, 0.1) is 10.7 Å². The van der Waals surface area contributed by atoms with Crippen LogP contribution in [-0.4, -0.2) is 43.7 Å². The zero-order chi connectivity index (χ0) is 17.2. The maximum atomic E-state index is 12.6. The van der Waals surface area contributed by atoms with E-state index in [1.54, 1.807) is 4.90 Å². The lowest BCUT2D eigenvalue weighted by molar-refractivity contribution is 0.214. The van der Waals surface area contributed by atoms with Gasteiger partial charge in [-0.1, -0.05) is 13.8 Å². The number of nitrogens with zero attached hydrogens (tertiary/aromatic N) is 2. The topological polar surface area (TPSA) is 62.3 Å². The van der Waals surface area contributed by atoms with E-state index in [-0.39, 0.29) is 10.8 Å². The summed E-state index contributed by atoms with van der Waals surface area (Å²) in [5.41, 5.74) is 0.967. The van der Waals surface area contributed by atoms with Crippen LogP contribution in [0.4, 0.5) is 9.80 Å². The van der Waals surface area contributed by atoms with Crippen molar-refractivity contribution in [2.24, 2.45) is 5.92 Å². The fourth-order valence-electron chi connectivity index (χ4n) is 2.57. The molecule has 7 heteroatoms. The lowest BCUT2D eigenvalue weighted by Crippen LogP contribution is -2.37. The van der Waals surface area contributed by atoms with E-state index in [0.29, 0.717) is 24.8 Å². The Morgan fingerprint density at radius 1 is 1.43 bits per heavy atom. The van der Waals surface area contributed by atoms with Crippen LogP contribution in [0.3, 0.4) is 0 Å². The molecule has 0 aliphatic carbocycles. The van der Waals surface area contributed by atoms with Crippen molar-refractivity contribution >= 4 is 33.2 Å². The molecular weight excluding hydrogens is 330 g/mol. The Hall–Kier alpha value is -0.950. The van der Waals surface area contributed by atoms with Crippen LogP contribution in [0.1, 0.15) is 44.8 Å². The van der Waals surface area contributed by atoms with Crippen molar-refractivity contribution in [3.63, 3.8) is 0 Å². The first-order chi connectivity index (χ1) is 10.7. The highest BCUT2D eigenvalue weighted by atomic mass is 32.2. The zero-order valence-corrected chi connectivity index (χ0v) is 16.3. The number of nitrogens with one attached hydrogen (secondary N) is 1.